The Balaban J connectivity index is 3.23. The van der Waals surface area contributed by atoms with Crippen LogP contribution in [0, 0.1) is 10.1 Å². The standard InChI is InChI=1S/C9H6F3NO4/c1-17-7-4-5(8(14)9(10,11)12)2-3-6(7)13(15)16/h2-4H,1H3. The highest BCUT2D eigenvalue weighted by Gasteiger charge is 2.39. The second kappa shape index (κ2) is 4.40. The van der Waals surface area contributed by atoms with Crippen LogP contribution < -0.4 is 4.74 Å². The van der Waals surface area contributed by atoms with Crippen molar-refractivity contribution in [3.63, 3.8) is 0 Å². The molecular formula is C9H6F3NO4. The molecule has 0 N–H and O–H groups in total. The van der Waals surface area contributed by atoms with Gasteiger partial charge in [0, 0.05) is 11.6 Å². The topological polar surface area (TPSA) is 69.4 Å². The number of hydrogen-bond acceptors (Lipinski definition) is 4. The predicted molar refractivity (Wildman–Crippen MR) is 50.0 cm³/mol. The lowest BCUT2D eigenvalue weighted by Gasteiger charge is -2.07. The van der Waals surface area contributed by atoms with Gasteiger partial charge in [0.2, 0.25) is 0 Å². The number of carbonyl (C=O) groups is 1. The SMILES string of the molecule is COc1cc(C(=O)C(F)(F)F)ccc1[N+](=O)[O-]. The number of halogens is 3. The molecule has 0 fully saturated rings. The molecule has 0 aliphatic rings. The zero-order chi connectivity index (χ0) is 13.2. The first-order chi connectivity index (χ1) is 7.77. The van der Waals surface area contributed by atoms with Crippen LogP contribution >= 0.6 is 0 Å². The monoisotopic (exact) mass is 249 g/mol. The van der Waals surface area contributed by atoms with Gasteiger partial charge in [-0.1, -0.05) is 0 Å². The fourth-order valence-corrected chi connectivity index (χ4v) is 1.13. The number of carbonyl (C=O) groups excluding carboxylic acids is 1. The molecule has 0 atom stereocenters. The van der Waals surface area contributed by atoms with Crippen LogP contribution in [0.5, 0.6) is 5.75 Å². The highest BCUT2D eigenvalue weighted by atomic mass is 19.4. The molecule has 1 aromatic carbocycles. The van der Waals surface area contributed by atoms with E-state index in [0.29, 0.717) is 6.07 Å². The molecule has 0 aliphatic carbocycles. The van der Waals surface area contributed by atoms with Crippen molar-refractivity contribution in [2.75, 3.05) is 7.11 Å². The molecule has 0 heterocycles. The normalized spacial score (nSPS) is 11.1. The van der Waals surface area contributed by atoms with Gasteiger partial charge < -0.3 is 4.74 Å². The lowest BCUT2D eigenvalue weighted by molar-refractivity contribution is -0.385. The van der Waals surface area contributed by atoms with E-state index in [1.165, 1.54) is 0 Å². The van der Waals surface area contributed by atoms with E-state index in [4.69, 9.17) is 0 Å². The summed E-state index contributed by atoms with van der Waals surface area (Å²) in [5, 5.41) is 10.5. The summed E-state index contributed by atoms with van der Waals surface area (Å²) in [4.78, 5) is 20.5. The summed E-state index contributed by atoms with van der Waals surface area (Å²) in [5.41, 5.74) is -1.22. The Bertz CT molecular complexity index is 470. The fourth-order valence-electron chi connectivity index (χ4n) is 1.13. The molecule has 5 nitrogen and oxygen atoms in total. The first-order valence-electron chi connectivity index (χ1n) is 4.21. The van der Waals surface area contributed by atoms with Gasteiger partial charge in [-0.05, 0) is 12.1 Å². The Kier molecular flexibility index (Phi) is 3.35. The van der Waals surface area contributed by atoms with Crippen molar-refractivity contribution in [1.29, 1.82) is 0 Å². The van der Waals surface area contributed by atoms with Gasteiger partial charge in [0.1, 0.15) is 0 Å². The number of nitro groups is 1. The van der Waals surface area contributed by atoms with Crippen LogP contribution in [-0.2, 0) is 0 Å². The molecule has 0 aromatic heterocycles. The lowest BCUT2D eigenvalue weighted by Crippen LogP contribution is -2.22. The minimum atomic E-state index is -5.03. The maximum absolute atomic E-state index is 12.1. The van der Waals surface area contributed by atoms with Crippen LogP contribution in [0.15, 0.2) is 18.2 Å². The van der Waals surface area contributed by atoms with Crippen molar-refractivity contribution in [3.8, 4) is 5.75 Å². The summed E-state index contributed by atoms with van der Waals surface area (Å²) in [5.74, 6) is -2.48. The van der Waals surface area contributed by atoms with Gasteiger partial charge in [0.05, 0.1) is 12.0 Å². The molecule has 0 saturated heterocycles. The van der Waals surface area contributed by atoms with Crippen molar-refractivity contribution in [1.82, 2.24) is 0 Å². The molecule has 0 aliphatic heterocycles. The van der Waals surface area contributed by atoms with Gasteiger partial charge in [-0.3, -0.25) is 14.9 Å². The maximum atomic E-state index is 12.1. The zero-order valence-corrected chi connectivity index (χ0v) is 8.45. The Morgan fingerprint density at radius 3 is 2.41 bits per heavy atom. The van der Waals surface area contributed by atoms with Gasteiger partial charge in [-0.25, -0.2) is 0 Å². The predicted octanol–water partition coefficient (Wildman–Crippen LogP) is 2.35. The van der Waals surface area contributed by atoms with Crippen LogP contribution in [-0.4, -0.2) is 24.0 Å². The van der Waals surface area contributed by atoms with E-state index in [-0.39, 0.29) is 0 Å². The van der Waals surface area contributed by atoms with Crippen LogP contribution in [0.1, 0.15) is 10.4 Å². The fraction of sp³-hybridized carbons (Fsp3) is 0.222. The summed E-state index contributed by atoms with van der Waals surface area (Å²) in [6.07, 6.45) is -5.03. The first kappa shape index (κ1) is 12.9. The third-order valence-corrected chi connectivity index (χ3v) is 1.90. The van der Waals surface area contributed by atoms with Gasteiger partial charge >= 0.3 is 11.9 Å². The largest absolute Gasteiger partial charge is 0.490 e. The summed E-state index contributed by atoms with van der Waals surface area (Å²) >= 11 is 0. The molecule has 0 radical (unpaired) electrons. The van der Waals surface area contributed by atoms with Gasteiger partial charge in [0.25, 0.3) is 5.78 Å². The molecule has 17 heavy (non-hydrogen) atoms. The molecule has 0 unspecified atom stereocenters. The Hall–Kier alpha value is -2.12. The second-order valence-electron chi connectivity index (χ2n) is 2.97. The molecule has 0 amide bonds. The average molecular weight is 249 g/mol. The van der Waals surface area contributed by atoms with E-state index in [9.17, 15) is 28.1 Å². The van der Waals surface area contributed by atoms with E-state index in [1.807, 2.05) is 0 Å². The minimum Gasteiger partial charge on any atom is -0.490 e. The molecular weight excluding hydrogens is 243 g/mol. The van der Waals surface area contributed by atoms with Crippen molar-refractivity contribution in [2.24, 2.45) is 0 Å². The summed E-state index contributed by atoms with van der Waals surface area (Å²) in [7, 11) is 1.06. The van der Waals surface area contributed by atoms with Gasteiger partial charge in [-0.2, -0.15) is 13.2 Å². The van der Waals surface area contributed by atoms with Crippen LogP contribution in [0.3, 0.4) is 0 Å². The third kappa shape index (κ3) is 2.71. The van der Waals surface area contributed by atoms with Crippen molar-refractivity contribution >= 4 is 11.5 Å². The second-order valence-corrected chi connectivity index (χ2v) is 2.97. The molecule has 0 saturated carbocycles. The summed E-state index contributed by atoms with van der Waals surface area (Å²) in [6.45, 7) is 0. The number of rotatable bonds is 3. The number of benzene rings is 1. The van der Waals surface area contributed by atoms with E-state index in [2.05, 4.69) is 4.74 Å². The minimum absolute atomic E-state index is 0.398. The van der Waals surface area contributed by atoms with Crippen LogP contribution in [0.4, 0.5) is 18.9 Å². The number of nitrogens with zero attached hydrogens (tertiary/aromatic N) is 1. The Labute approximate surface area is 93.0 Å². The average Bonchev–Trinajstić information content (AvgIpc) is 2.25. The van der Waals surface area contributed by atoms with Crippen molar-refractivity contribution in [2.45, 2.75) is 6.18 Å². The van der Waals surface area contributed by atoms with Gasteiger partial charge in [-0.15, -0.1) is 0 Å². The van der Waals surface area contributed by atoms with Crippen LogP contribution in [0.25, 0.3) is 0 Å². The number of hydrogen-bond donors (Lipinski definition) is 0. The number of ether oxygens (including phenoxy) is 1. The molecule has 0 spiro atoms. The first-order valence-corrected chi connectivity index (χ1v) is 4.21. The summed E-state index contributed by atoms with van der Waals surface area (Å²) in [6, 6.07) is 2.21. The van der Waals surface area contributed by atoms with Crippen LogP contribution in [0.2, 0.25) is 0 Å². The number of alkyl halides is 3. The van der Waals surface area contributed by atoms with E-state index < -0.39 is 33.9 Å². The van der Waals surface area contributed by atoms with E-state index >= 15 is 0 Å². The van der Waals surface area contributed by atoms with Gasteiger partial charge in [0.15, 0.2) is 5.75 Å². The van der Waals surface area contributed by atoms with Crippen molar-refractivity contribution < 1.29 is 27.6 Å². The van der Waals surface area contributed by atoms with E-state index in [0.717, 1.165) is 19.2 Å². The summed E-state index contributed by atoms with van der Waals surface area (Å²) < 4.78 is 40.9. The molecule has 1 aromatic rings. The zero-order valence-electron chi connectivity index (χ0n) is 8.45. The smallest absolute Gasteiger partial charge is 0.454 e. The quantitative estimate of drug-likeness (QED) is 0.468. The number of ketones is 1. The highest BCUT2D eigenvalue weighted by Crippen LogP contribution is 2.30. The number of nitro benzene ring substituents is 1. The Morgan fingerprint density at radius 1 is 1.41 bits per heavy atom. The molecule has 92 valence electrons. The molecule has 8 heteroatoms. The lowest BCUT2D eigenvalue weighted by atomic mass is 10.1. The maximum Gasteiger partial charge on any atom is 0.454 e. The third-order valence-electron chi connectivity index (χ3n) is 1.90. The van der Waals surface area contributed by atoms with Crippen molar-refractivity contribution in [3.05, 3.63) is 33.9 Å². The highest BCUT2D eigenvalue weighted by molar-refractivity contribution is 6.00. The van der Waals surface area contributed by atoms with E-state index in [1.54, 1.807) is 0 Å². The Morgan fingerprint density at radius 2 is 2.00 bits per heavy atom. The number of methoxy groups -OCH3 is 1. The number of Topliss-reactive ketones (excluding diaryl/α,β-unsaturated/α-hetero) is 1. The molecule has 1 rings (SSSR count). The molecule has 0 bridgehead atoms.